The van der Waals surface area contributed by atoms with Crippen molar-refractivity contribution in [2.24, 2.45) is 0 Å². The van der Waals surface area contributed by atoms with Crippen molar-refractivity contribution in [1.29, 1.82) is 0 Å². The Bertz CT molecular complexity index is 1180. The highest BCUT2D eigenvalue weighted by Crippen LogP contribution is 2.37. The second kappa shape index (κ2) is 7.32. The molecule has 4 aromatic rings. The molecule has 0 spiro atoms. The highest BCUT2D eigenvalue weighted by atomic mass is 79.9. The Hall–Kier alpha value is -3.39. The van der Waals surface area contributed by atoms with E-state index in [4.69, 9.17) is 9.15 Å². The van der Waals surface area contributed by atoms with Crippen LogP contribution in [0.15, 0.2) is 63.9 Å². The minimum atomic E-state index is -1.07. The lowest BCUT2D eigenvalue weighted by atomic mass is 10.1. The number of anilines is 2. The molecule has 7 nitrogen and oxygen atoms in total. The number of carboxylic acids is 1. The Morgan fingerprint density at radius 3 is 2.79 bits per heavy atom. The number of hydrogen-bond acceptors (Lipinski definition) is 6. The Morgan fingerprint density at radius 2 is 2.07 bits per heavy atom. The number of halogens is 1. The Labute approximate surface area is 168 Å². The number of nitrogens with one attached hydrogen (secondary N) is 1. The van der Waals surface area contributed by atoms with E-state index in [-0.39, 0.29) is 5.56 Å². The van der Waals surface area contributed by atoms with Gasteiger partial charge in [0.15, 0.2) is 0 Å². The first-order chi connectivity index (χ1) is 13.6. The fraction of sp³-hybridized carbons (Fsp3) is 0.0500. The van der Waals surface area contributed by atoms with Crippen molar-refractivity contribution >= 4 is 44.2 Å². The first kappa shape index (κ1) is 18.0. The van der Waals surface area contributed by atoms with E-state index in [1.807, 2.05) is 18.2 Å². The van der Waals surface area contributed by atoms with E-state index in [2.05, 4.69) is 31.2 Å². The average molecular weight is 440 g/mol. The highest BCUT2D eigenvalue weighted by molar-refractivity contribution is 9.10. The normalized spacial score (nSPS) is 10.8. The fourth-order valence-corrected chi connectivity index (χ4v) is 3.25. The van der Waals surface area contributed by atoms with E-state index in [1.165, 1.54) is 19.4 Å². The molecule has 140 valence electrons. The molecule has 2 N–H and O–H groups in total. The number of carbonyl (C=O) groups is 1. The van der Waals surface area contributed by atoms with Crippen LogP contribution < -0.4 is 10.1 Å². The van der Waals surface area contributed by atoms with Crippen molar-refractivity contribution in [2.75, 3.05) is 12.4 Å². The molecular weight excluding hydrogens is 426 g/mol. The third-order valence-corrected chi connectivity index (χ3v) is 4.70. The lowest BCUT2D eigenvalue weighted by molar-refractivity contribution is 0.0697. The maximum absolute atomic E-state index is 11.8. The lowest BCUT2D eigenvalue weighted by Gasteiger charge is -2.15. The topological polar surface area (TPSA) is 97.5 Å². The van der Waals surface area contributed by atoms with Gasteiger partial charge in [0.25, 0.3) is 0 Å². The van der Waals surface area contributed by atoms with Gasteiger partial charge >= 0.3 is 5.97 Å². The second-order valence-corrected chi connectivity index (χ2v) is 6.80. The summed E-state index contributed by atoms with van der Waals surface area (Å²) in [7, 11) is 1.49. The number of carboxylic acid groups (broad SMARTS) is 1. The minimum absolute atomic E-state index is 0.0812. The summed E-state index contributed by atoms with van der Waals surface area (Å²) in [5, 5.41) is 13.7. The van der Waals surface area contributed by atoms with Crippen LogP contribution in [0.1, 0.15) is 10.4 Å². The van der Waals surface area contributed by atoms with Crippen LogP contribution >= 0.6 is 15.9 Å². The molecule has 2 heterocycles. The SMILES string of the molecule is COc1ccc(Nc2c(-c3ncco3)cnc3ccc(Br)cc23)c(C(=O)O)c1. The monoisotopic (exact) mass is 439 g/mol. The molecule has 0 aliphatic heterocycles. The zero-order valence-corrected chi connectivity index (χ0v) is 16.2. The number of pyridine rings is 1. The summed E-state index contributed by atoms with van der Waals surface area (Å²) in [6.45, 7) is 0. The zero-order chi connectivity index (χ0) is 19.7. The molecule has 0 saturated carbocycles. The van der Waals surface area contributed by atoms with Crippen LogP contribution in [0, 0.1) is 0 Å². The molecule has 0 radical (unpaired) electrons. The zero-order valence-electron chi connectivity index (χ0n) is 14.6. The van der Waals surface area contributed by atoms with E-state index in [1.54, 1.807) is 24.5 Å². The fourth-order valence-electron chi connectivity index (χ4n) is 2.89. The van der Waals surface area contributed by atoms with Crippen molar-refractivity contribution in [1.82, 2.24) is 9.97 Å². The van der Waals surface area contributed by atoms with Crippen LogP contribution in [0.3, 0.4) is 0 Å². The van der Waals surface area contributed by atoms with Crippen molar-refractivity contribution in [2.45, 2.75) is 0 Å². The summed E-state index contributed by atoms with van der Waals surface area (Å²) in [6.07, 6.45) is 4.66. The Balaban J connectivity index is 1.94. The number of ether oxygens (including phenoxy) is 1. The summed E-state index contributed by atoms with van der Waals surface area (Å²) < 4.78 is 11.5. The van der Waals surface area contributed by atoms with Crippen LogP contribution in [0.4, 0.5) is 11.4 Å². The van der Waals surface area contributed by atoms with Gasteiger partial charge in [-0.05, 0) is 36.4 Å². The van der Waals surface area contributed by atoms with E-state index in [9.17, 15) is 9.90 Å². The molecule has 28 heavy (non-hydrogen) atoms. The second-order valence-electron chi connectivity index (χ2n) is 5.89. The molecular formula is C20H14BrN3O4. The summed E-state index contributed by atoms with van der Waals surface area (Å²) in [6, 6.07) is 10.5. The minimum Gasteiger partial charge on any atom is -0.497 e. The van der Waals surface area contributed by atoms with Crippen LogP contribution in [0.25, 0.3) is 22.4 Å². The van der Waals surface area contributed by atoms with Gasteiger partial charge in [-0.15, -0.1) is 0 Å². The molecule has 0 bridgehead atoms. The first-order valence-electron chi connectivity index (χ1n) is 8.23. The molecule has 0 aliphatic rings. The summed E-state index contributed by atoms with van der Waals surface area (Å²) in [5.41, 5.74) is 2.49. The van der Waals surface area contributed by atoms with Gasteiger partial charge in [-0.1, -0.05) is 15.9 Å². The van der Waals surface area contributed by atoms with Crippen LogP contribution in [0.5, 0.6) is 5.75 Å². The van der Waals surface area contributed by atoms with Gasteiger partial charge in [0.1, 0.15) is 12.0 Å². The van der Waals surface area contributed by atoms with Gasteiger partial charge in [0, 0.05) is 16.1 Å². The Kier molecular flexibility index (Phi) is 4.70. The van der Waals surface area contributed by atoms with Crippen LogP contribution in [-0.2, 0) is 0 Å². The first-order valence-corrected chi connectivity index (χ1v) is 9.02. The van der Waals surface area contributed by atoms with Crippen LogP contribution in [-0.4, -0.2) is 28.2 Å². The van der Waals surface area contributed by atoms with E-state index in [0.717, 1.165) is 15.4 Å². The highest BCUT2D eigenvalue weighted by Gasteiger charge is 2.18. The van der Waals surface area contributed by atoms with Crippen molar-refractivity contribution in [3.8, 4) is 17.2 Å². The van der Waals surface area contributed by atoms with E-state index in [0.29, 0.717) is 28.6 Å². The number of aromatic carboxylic acids is 1. The molecule has 0 fully saturated rings. The van der Waals surface area contributed by atoms with Crippen molar-refractivity contribution in [3.05, 3.63) is 65.1 Å². The van der Waals surface area contributed by atoms with E-state index >= 15 is 0 Å². The quantitative estimate of drug-likeness (QED) is 0.446. The molecule has 0 unspecified atom stereocenters. The Morgan fingerprint density at radius 1 is 1.21 bits per heavy atom. The predicted molar refractivity (Wildman–Crippen MR) is 108 cm³/mol. The average Bonchev–Trinajstić information content (AvgIpc) is 3.23. The van der Waals surface area contributed by atoms with Gasteiger partial charge in [0.2, 0.25) is 5.89 Å². The predicted octanol–water partition coefficient (Wildman–Crippen LogP) is 5.10. The van der Waals surface area contributed by atoms with E-state index < -0.39 is 5.97 Å². The smallest absolute Gasteiger partial charge is 0.337 e. The molecule has 0 aliphatic carbocycles. The van der Waals surface area contributed by atoms with Gasteiger partial charge in [-0.2, -0.15) is 0 Å². The molecule has 2 aromatic carbocycles. The standard InChI is InChI=1S/C20H14BrN3O4/c1-27-12-3-5-17(14(9-12)20(25)26)24-18-13-8-11(21)2-4-16(13)23-10-15(18)19-22-6-7-28-19/h2-10H,1H3,(H,23,24)(H,25,26). The number of fused-ring (bicyclic) bond motifs is 1. The third kappa shape index (κ3) is 3.29. The largest absolute Gasteiger partial charge is 0.497 e. The summed E-state index contributed by atoms with van der Waals surface area (Å²) in [4.78, 5) is 20.4. The summed E-state index contributed by atoms with van der Waals surface area (Å²) >= 11 is 3.48. The molecule has 2 aromatic heterocycles. The summed E-state index contributed by atoms with van der Waals surface area (Å²) in [5.74, 6) is -0.237. The maximum Gasteiger partial charge on any atom is 0.337 e. The van der Waals surface area contributed by atoms with Crippen molar-refractivity contribution < 1.29 is 19.1 Å². The lowest BCUT2D eigenvalue weighted by Crippen LogP contribution is -2.05. The number of aromatic nitrogens is 2. The molecule has 4 rings (SSSR count). The van der Waals surface area contributed by atoms with Gasteiger partial charge in [-0.25, -0.2) is 9.78 Å². The number of rotatable bonds is 5. The number of hydrogen-bond donors (Lipinski definition) is 2. The molecule has 0 atom stereocenters. The number of nitrogens with zero attached hydrogens (tertiary/aromatic N) is 2. The number of benzene rings is 2. The molecule has 8 heteroatoms. The van der Waals surface area contributed by atoms with Gasteiger partial charge in [-0.3, -0.25) is 4.98 Å². The molecule has 0 amide bonds. The molecule has 0 saturated heterocycles. The third-order valence-electron chi connectivity index (χ3n) is 4.21. The van der Waals surface area contributed by atoms with Gasteiger partial charge < -0.3 is 19.6 Å². The van der Waals surface area contributed by atoms with Gasteiger partial charge in [0.05, 0.1) is 41.3 Å². The number of oxazole rings is 1. The van der Waals surface area contributed by atoms with Crippen LogP contribution in [0.2, 0.25) is 0 Å². The number of methoxy groups -OCH3 is 1. The van der Waals surface area contributed by atoms with Crippen molar-refractivity contribution in [3.63, 3.8) is 0 Å². The maximum atomic E-state index is 11.8.